The van der Waals surface area contributed by atoms with Crippen molar-refractivity contribution < 1.29 is 4.79 Å². The minimum Gasteiger partial charge on any atom is -0.290 e. The maximum Gasteiger partial charge on any atom is 0.180 e. The van der Waals surface area contributed by atoms with Crippen LogP contribution in [0, 0.1) is 0 Å². The number of carbonyl (C=O) groups excluding carboxylic acids is 1. The molecule has 0 aliphatic carbocycles. The highest BCUT2D eigenvalue weighted by molar-refractivity contribution is 8.25. The second-order valence-electron chi connectivity index (χ2n) is 3.45. The van der Waals surface area contributed by atoms with E-state index in [0.29, 0.717) is 5.02 Å². The minimum absolute atomic E-state index is 0.0387. The molecule has 1 aliphatic rings. The highest BCUT2D eigenvalue weighted by atomic mass is 35.5. The molecule has 0 atom stereocenters. The zero-order chi connectivity index (χ0) is 12.1. The normalized spacial score (nSPS) is 15.5. The van der Waals surface area contributed by atoms with Crippen LogP contribution in [-0.4, -0.2) is 17.3 Å². The zero-order valence-electron chi connectivity index (χ0n) is 9.06. The third kappa shape index (κ3) is 4.26. The van der Waals surface area contributed by atoms with E-state index in [2.05, 4.69) is 0 Å². The van der Waals surface area contributed by atoms with Gasteiger partial charge in [-0.05, 0) is 23.8 Å². The molecular formula is C13H11ClOS2. The Morgan fingerprint density at radius 2 is 1.82 bits per heavy atom. The fourth-order valence-corrected chi connectivity index (χ4v) is 3.75. The van der Waals surface area contributed by atoms with E-state index in [1.807, 2.05) is 24.3 Å². The first-order chi connectivity index (χ1) is 8.24. The molecule has 0 amide bonds. The quantitative estimate of drug-likeness (QED) is 0.772. The maximum atomic E-state index is 11.6. The molecule has 0 bridgehead atoms. The van der Waals surface area contributed by atoms with Crippen molar-refractivity contribution >= 4 is 47.0 Å². The van der Waals surface area contributed by atoms with Crippen molar-refractivity contribution in [3.63, 3.8) is 0 Å². The van der Waals surface area contributed by atoms with Crippen LogP contribution in [0.3, 0.4) is 0 Å². The Bertz CT molecular complexity index is 455. The number of rotatable bonds is 3. The molecule has 0 radical (unpaired) electrons. The monoisotopic (exact) mass is 282 g/mol. The Morgan fingerprint density at radius 3 is 2.47 bits per heavy atom. The minimum atomic E-state index is 0.0387. The lowest BCUT2D eigenvalue weighted by molar-refractivity contribution is -0.110. The lowest BCUT2D eigenvalue weighted by atomic mass is 10.2. The van der Waals surface area contributed by atoms with Gasteiger partial charge in [-0.25, -0.2) is 0 Å². The first-order valence-corrected chi connectivity index (χ1v) is 7.54. The van der Waals surface area contributed by atoms with E-state index >= 15 is 0 Å². The molecule has 88 valence electrons. The van der Waals surface area contributed by atoms with Crippen molar-refractivity contribution in [2.75, 3.05) is 11.5 Å². The van der Waals surface area contributed by atoms with Gasteiger partial charge in [0.2, 0.25) is 0 Å². The van der Waals surface area contributed by atoms with Crippen molar-refractivity contribution in [3.8, 4) is 0 Å². The van der Waals surface area contributed by atoms with E-state index in [1.165, 1.54) is 0 Å². The number of hydrogen-bond acceptors (Lipinski definition) is 3. The van der Waals surface area contributed by atoms with Gasteiger partial charge in [-0.2, -0.15) is 0 Å². The molecule has 0 aromatic heterocycles. The average molecular weight is 283 g/mol. The number of ketones is 1. The summed E-state index contributed by atoms with van der Waals surface area (Å²) in [6, 6.07) is 7.40. The molecule has 4 heteroatoms. The molecule has 17 heavy (non-hydrogen) atoms. The van der Waals surface area contributed by atoms with E-state index in [-0.39, 0.29) is 5.78 Å². The standard InChI is InChI=1S/C13H11ClOS2/c14-11-4-1-10(2-5-11)3-6-12(15)9-13-16-7-8-17-13/h1-6,9H,7-8H2/b6-3-. The van der Waals surface area contributed by atoms with Gasteiger partial charge in [0, 0.05) is 26.8 Å². The summed E-state index contributed by atoms with van der Waals surface area (Å²) >= 11 is 9.27. The Hall–Kier alpha value is -0.640. The van der Waals surface area contributed by atoms with Gasteiger partial charge < -0.3 is 0 Å². The van der Waals surface area contributed by atoms with E-state index in [4.69, 9.17) is 11.6 Å². The maximum absolute atomic E-state index is 11.6. The Labute approximate surface area is 114 Å². The number of benzene rings is 1. The van der Waals surface area contributed by atoms with Crippen LogP contribution < -0.4 is 0 Å². The smallest absolute Gasteiger partial charge is 0.180 e. The SMILES string of the molecule is O=C(C=C1SCCS1)/C=C\c1ccc(Cl)cc1. The van der Waals surface area contributed by atoms with Gasteiger partial charge in [0.25, 0.3) is 0 Å². The first kappa shape index (κ1) is 12.8. The van der Waals surface area contributed by atoms with Crippen LogP contribution in [0.4, 0.5) is 0 Å². The van der Waals surface area contributed by atoms with Crippen LogP contribution in [0.5, 0.6) is 0 Å². The molecule has 0 unspecified atom stereocenters. The molecule has 1 aromatic rings. The lowest BCUT2D eigenvalue weighted by Crippen LogP contribution is -1.85. The molecule has 0 saturated carbocycles. The van der Waals surface area contributed by atoms with E-state index in [0.717, 1.165) is 21.3 Å². The average Bonchev–Trinajstić information content (AvgIpc) is 2.81. The third-order valence-corrected chi connectivity index (χ3v) is 4.98. The topological polar surface area (TPSA) is 17.1 Å². The highest BCUT2D eigenvalue weighted by Crippen LogP contribution is 2.35. The lowest BCUT2D eigenvalue weighted by Gasteiger charge is -1.93. The van der Waals surface area contributed by atoms with Gasteiger partial charge >= 0.3 is 0 Å². The molecule has 1 fully saturated rings. The number of halogens is 1. The molecule has 1 aliphatic heterocycles. The van der Waals surface area contributed by atoms with Crippen molar-refractivity contribution in [3.05, 3.63) is 51.2 Å². The highest BCUT2D eigenvalue weighted by Gasteiger charge is 2.08. The van der Waals surface area contributed by atoms with Gasteiger partial charge in [0.05, 0.1) is 0 Å². The predicted octanol–water partition coefficient (Wildman–Crippen LogP) is 4.24. The second-order valence-corrected chi connectivity index (χ2v) is 6.42. The van der Waals surface area contributed by atoms with E-state index < -0.39 is 0 Å². The fourth-order valence-electron chi connectivity index (χ4n) is 1.33. The van der Waals surface area contributed by atoms with Crippen LogP contribution in [-0.2, 0) is 4.79 Å². The van der Waals surface area contributed by atoms with Crippen LogP contribution in [0.1, 0.15) is 5.56 Å². The van der Waals surface area contributed by atoms with Crippen LogP contribution in [0.25, 0.3) is 6.08 Å². The number of carbonyl (C=O) groups is 1. The Balaban J connectivity index is 1.98. The molecule has 1 saturated heterocycles. The fraction of sp³-hybridized carbons (Fsp3) is 0.154. The molecule has 0 spiro atoms. The van der Waals surface area contributed by atoms with E-state index in [1.54, 1.807) is 41.8 Å². The van der Waals surface area contributed by atoms with Gasteiger partial charge in [-0.1, -0.05) is 29.8 Å². The Morgan fingerprint density at radius 1 is 1.18 bits per heavy atom. The summed E-state index contributed by atoms with van der Waals surface area (Å²) in [5.74, 6) is 2.24. The summed E-state index contributed by atoms with van der Waals surface area (Å²) < 4.78 is 1.12. The van der Waals surface area contributed by atoms with E-state index in [9.17, 15) is 4.79 Å². The summed E-state index contributed by atoms with van der Waals surface area (Å²) in [5, 5.41) is 0.703. The van der Waals surface area contributed by atoms with Crippen molar-refractivity contribution in [2.45, 2.75) is 0 Å². The van der Waals surface area contributed by atoms with Crippen molar-refractivity contribution in [1.82, 2.24) is 0 Å². The summed E-state index contributed by atoms with van der Waals surface area (Å²) in [6.07, 6.45) is 5.10. The van der Waals surface area contributed by atoms with Crippen LogP contribution >= 0.6 is 35.1 Å². The molecule has 0 N–H and O–H groups in total. The Kier molecular flexibility index (Phi) is 4.77. The van der Waals surface area contributed by atoms with Crippen molar-refractivity contribution in [1.29, 1.82) is 0 Å². The first-order valence-electron chi connectivity index (χ1n) is 5.19. The van der Waals surface area contributed by atoms with Gasteiger partial charge in [-0.15, -0.1) is 23.5 Å². The predicted molar refractivity (Wildman–Crippen MR) is 78.5 cm³/mol. The van der Waals surface area contributed by atoms with Gasteiger partial charge in [0.1, 0.15) is 0 Å². The number of allylic oxidation sites excluding steroid dienone is 2. The summed E-state index contributed by atoms with van der Waals surface area (Å²) in [4.78, 5) is 11.6. The molecular weight excluding hydrogens is 272 g/mol. The molecule has 1 nitrogen and oxygen atoms in total. The number of hydrogen-bond donors (Lipinski definition) is 0. The van der Waals surface area contributed by atoms with Crippen molar-refractivity contribution in [2.24, 2.45) is 0 Å². The summed E-state index contributed by atoms with van der Waals surface area (Å²) in [6.45, 7) is 0. The number of thioether (sulfide) groups is 2. The van der Waals surface area contributed by atoms with Crippen LogP contribution in [0.15, 0.2) is 40.7 Å². The summed E-state index contributed by atoms with van der Waals surface area (Å²) in [7, 11) is 0. The molecule has 2 rings (SSSR count). The largest absolute Gasteiger partial charge is 0.290 e. The second kappa shape index (κ2) is 6.34. The molecule has 1 heterocycles. The molecule has 1 aromatic carbocycles. The zero-order valence-corrected chi connectivity index (χ0v) is 11.4. The van der Waals surface area contributed by atoms with Crippen LogP contribution in [0.2, 0.25) is 5.02 Å². The summed E-state index contributed by atoms with van der Waals surface area (Å²) in [5.41, 5.74) is 0.980. The van der Waals surface area contributed by atoms with Gasteiger partial charge in [0.15, 0.2) is 5.78 Å². The van der Waals surface area contributed by atoms with Gasteiger partial charge in [-0.3, -0.25) is 4.79 Å². The third-order valence-electron chi connectivity index (χ3n) is 2.14.